The molecule has 2 heteroatoms. The van der Waals surface area contributed by atoms with E-state index < -0.39 is 0 Å². The van der Waals surface area contributed by atoms with Crippen LogP contribution < -0.4 is 0 Å². The van der Waals surface area contributed by atoms with E-state index in [4.69, 9.17) is 0 Å². The van der Waals surface area contributed by atoms with E-state index in [1.54, 1.807) is 0 Å². The van der Waals surface area contributed by atoms with Gasteiger partial charge in [0.2, 0.25) is 0 Å². The van der Waals surface area contributed by atoms with E-state index in [0.717, 1.165) is 11.1 Å². The molecule has 102 valence electrons. The molecule has 2 aromatic carbocycles. The number of benzene rings is 2. The zero-order chi connectivity index (χ0) is 14.4. The minimum atomic E-state index is -0.232. The summed E-state index contributed by atoms with van der Waals surface area (Å²) in [5.74, 6) is -0.210. The summed E-state index contributed by atoms with van der Waals surface area (Å²) in [6, 6.07) is 20.3. The third kappa shape index (κ3) is 3.07. The number of rotatable bonds is 5. The molecule has 0 aliphatic heterocycles. The van der Waals surface area contributed by atoms with E-state index in [1.165, 1.54) is 5.56 Å². The van der Waals surface area contributed by atoms with Gasteiger partial charge in [-0.2, -0.15) is 5.26 Å². The second-order valence-electron chi connectivity index (χ2n) is 4.99. The van der Waals surface area contributed by atoms with Crippen molar-refractivity contribution in [3.8, 4) is 6.07 Å². The van der Waals surface area contributed by atoms with E-state index in [9.17, 15) is 10.4 Å². The Morgan fingerprint density at radius 3 is 2.30 bits per heavy atom. The van der Waals surface area contributed by atoms with Gasteiger partial charge in [0.05, 0.1) is 12.0 Å². The highest BCUT2D eigenvalue weighted by atomic mass is 16.3. The number of nitrogens with zero attached hydrogens (tertiary/aromatic N) is 1. The number of hydrogen-bond acceptors (Lipinski definition) is 2. The minimum absolute atomic E-state index is 0.0219. The number of aryl methyl sites for hydroxylation is 1. The standard InChI is InChI=1S/C18H19NO/c1-14-7-5-6-10-16(14)17(11-12-20)18(13-19)15-8-3-2-4-9-15/h2-10,17-18,20H,11-12H2,1H3. The largest absolute Gasteiger partial charge is 0.396 e. The van der Waals surface area contributed by atoms with Crippen molar-refractivity contribution in [2.45, 2.75) is 25.2 Å². The quantitative estimate of drug-likeness (QED) is 0.894. The van der Waals surface area contributed by atoms with Gasteiger partial charge in [-0.1, -0.05) is 54.6 Å². The van der Waals surface area contributed by atoms with Gasteiger partial charge in [0.15, 0.2) is 0 Å². The molecular formula is C18H19NO. The van der Waals surface area contributed by atoms with Gasteiger partial charge in [-0.3, -0.25) is 0 Å². The van der Waals surface area contributed by atoms with E-state index in [2.05, 4.69) is 25.1 Å². The fourth-order valence-corrected chi connectivity index (χ4v) is 2.70. The molecule has 0 heterocycles. The molecule has 2 unspecified atom stereocenters. The SMILES string of the molecule is Cc1ccccc1C(CCO)C(C#N)c1ccccc1. The summed E-state index contributed by atoms with van der Waals surface area (Å²) in [6.45, 7) is 2.14. The normalized spacial score (nSPS) is 13.4. The molecule has 0 spiro atoms. The van der Waals surface area contributed by atoms with Gasteiger partial charge in [0.25, 0.3) is 0 Å². The lowest BCUT2D eigenvalue weighted by Gasteiger charge is -2.23. The number of aliphatic hydroxyl groups excluding tert-OH is 1. The summed E-state index contributed by atoms with van der Waals surface area (Å²) < 4.78 is 0. The molecule has 0 amide bonds. The van der Waals surface area contributed by atoms with Gasteiger partial charge < -0.3 is 5.11 Å². The monoisotopic (exact) mass is 265 g/mol. The Bertz CT molecular complexity index is 586. The second-order valence-corrected chi connectivity index (χ2v) is 4.99. The maximum absolute atomic E-state index is 9.60. The number of hydrogen-bond donors (Lipinski definition) is 1. The molecule has 0 aliphatic carbocycles. The zero-order valence-corrected chi connectivity index (χ0v) is 11.7. The van der Waals surface area contributed by atoms with Crippen LogP contribution >= 0.6 is 0 Å². The summed E-state index contributed by atoms with van der Waals surface area (Å²) in [6.07, 6.45) is 0.595. The highest BCUT2D eigenvalue weighted by molar-refractivity contribution is 5.36. The van der Waals surface area contributed by atoms with Crippen molar-refractivity contribution in [2.75, 3.05) is 6.61 Å². The number of nitriles is 1. The second kappa shape index (κ2) is 6.88. The fourth-order valence-electron chi connectivity index (χ4n) is 2.70. The average Bonchev–Trinajstić information content (AvgIpc) is 2.49. The van der Waals surface area contributed by atoms with E-state index in [1.807, 2.05) is 42.5 Å². The Balaban J connectivity index is 2.42. The Morgan fingerprint density at radius 2 is 1.70 bits per heavy atom. The third-order valence-corrected chi connectivity index (χ3v) is 3.73. The predicted octanol–water partition coefficient (Wildman–Crippen LogP) is 3.77. The van der Waals surface area contributed by atoms with Gasteiger partial charge in [0, 0.05) is 12.5 Å². The first-order valence-electron chi connectivity index (χ1n) is 6.89. The van der Waals surface area contributed by atoms with Gasteiger partial charge in [-0.25, -0.2) is 0 Å². The van der Waals surface area contributed by atoms with Crippen LogP contribution in [0.1, 0.15) is 34.9 Å². The van der Waals surface area contributed by atoms with Crippen molar-refractivity contribution in [1.82, 2.24) is 0 Å². The smallest absolute Gasteiger partial charge is 0.0782 e. The van der Waals surface area contributed by atoms with Crippen LogP contribution in [0.2, 0.25) is 0 Å². The summed E-state index contributed by atoms with van der Waals surface area (Å²) in [4.78, 5) is 0. The topological polar surface area (TPSA) is 44.0 Å². The van der Waals surface area contributed by atoms with Gasteiger partial charge in [0.1, 0.15) is 0 Å². The fraction of sp³-hybridized carbons (Fsp3) is 0.278. The van der Waals surface area contributed by atoms with E-state index >= 15 is 0 Å². The Hall–Kier alpha value is -2.11. The van der Waals surface area contributed by atoms with Crippen molar-refractivity contribution in [1.29, 1.82) is 5.26 Å². The Kier molecular flexibility index (Phi) is 4.92. The van der Waals surface area contributed by atoms with E-state index in [-0.39, 0.29) is 18.4 Å². The van der Waals surface area contributed by atoms with Crippen molar-refractivity contribution in [3.63, 3.8) is 0 Å². The molecular weight excluding hydrogens is 246 g/mol. The summed E-state index contributed by atoms with van der Waals surface area (Å²) in [5, 5.41) is 19.0. The molecule has 2 atom stereocenters. The van der Waals surface area contributed by atoms with Crippen molar-refractivity contribution in [2.24, 2.45) is 0 Å². The maximum atomic E-state index is 9.60. The number of aliphatic hydroxyl groups is 1. The molecule has 0 aliphatic rings. The lowest BCUT2D eigenvalue weighted by Crippen LogP contribution is -2.13. The van der Waals surface area contributed by atoms with Crippen LogP contribution in [0.4, 0.5) is 0 Å². The molecule has 0 bridgehead atoms. The average molecular weight is 265 g/mol. The third-order valence-electron chi connectivity index (χ3n) is 3.73. The first-order chi connectivity index (χ1) is 9.77. The molecule has 0 saturated heterocycles. The van der Waals surface area contributed by atoms with Gasteiger partial charge in [-0.15, -0.1) is 0 Å². The van der Waals surface area contributed by atoms with E-state index in [0.29, 0.717) is 6.42 Å². The molecule has 20 heavy (non-hydrogen) atoms. The van der Waals surface area contributed by atoms with Crippen LogP contribution in [0.5, 0.6) is 0 Å². The van der Waals surface area contributed by atoms with Gasteiger partial charge >= 0.3 is 0 Å². The highest BCUT2D eigenvalue weighted by Crippen LogP contribution is 2.36. The molecule has 0 radical (unpaired) electrons. The van der Waals surface area contributed by atoms with Crippen molar-refractivity contribution < 1.29 is 5.11 Å². The van der Waals surface area contributed by atoms with Crippen LogP contribution in [0.15, 0.2) is 54.6 Å². The van der Waals surface area contributed by atoms with Gasteiger partial charge in [-0.05, 0) is 30.0 Å². The molecule has 2 rings (SSSR count). The van der Waals surface area contributed by atoms with Crippen LogP contribution in [0, 0.1) is 18.3 Å². The Labute approximate surface area is 120 Å². The predicted molar refractivity (Wildman–Crippen MR) is 80.4 cm³/mol. The molecule has 2 aromatic rings. The minimum Gasteiger partial charge on any atom is -0.396 e. The van der Waals surface area contributed by atoms with Crippen molar-refractivity contribution >= 4 is 0 Å². The molecule has 0 fully saturated rings. The Morgan fingerprint density at radius 1 is 1.05 bits per heavy atom. The maximum Gasteiger partial charge on any atom is 0.0782 e. The van der Waals surface area contributed by atoms with Crippen LogP contribution in [0.3, 0.4) is 0 Å². The van der Waals surface area contributed by atoms with Crippen LogP contribution in [-0.4, -0.2) is 11.7 Å². The zero-order valence-electron chi connectivity index (χ0n) is 11.7. The van der Waals surface area contributed by atoms with Crippen LogP contribution in [0.25, 0.3) is 0 Å². The van der Waals surface area contributed by atoms with Crippen LogP contribution in [-0.2, 0) is 0 Å². The van der Waals surface area contributed by atoms with Crippen molar-refractivity contribution in [3.05, 3.63) is 71.3 Å². The molecule has 0 aromatic heterocycles. The summed E-state index contributed by atoms with van der Waals surface area (Å²) in [7, 11) is 0. The molecule has 0 saturated carbocycles. The first kappa shape index (κ1) is 14.3. The summed E-state index contributed by atoms with van der Waals surface area (Å²) >= 11 is 0. The lowest BCUT2D eigenvalue weighted by atomic mass is 9.79. The molecule has 2 nitrogen and oxygen atoms in total. The summed E-state index contributed by atoms with van der Waals surface area (Å²) in [5.41, 5.74) is 3.33. The highest BCUT2D eigenvalue weighted by Gasteiger charge is 2.25. The first-order valence-corrected chi connectivity index (χ1v) is 6.89. The lowest BCUT2D eigenvalue weighted by molar-refractivity contribution is 0.272. The molecule has 1 N–H and O–H groups in total.